The maximum absolute atomic E-state index is 12.2. The Morgan fingerprint density at radius 2 is 1.96 bits per heavy atom. The lowest BCUT2D eigenvalue weighted by Gasteiger charge is -2.10. The van der Waals surface area contributed by atoms with Crippen molar-refractivity contribution in [3.63, 3.8) is 0 Å². The third kappa shape index (κ3) is 5.95. The standard InChI is InChI=1S/C19H20ClN3O5/c1-2-28-17-7-4-3-6-14(17)19(25)21-11-5-8-18(24)22-13-9-10-15(20)16(12-13)23(26)27/h3-4,6-7,9-10,12H,2,5,8,11H2,1H3,(H,21,25)(H,22,24). The molecule has 0 aliphatic carbocycles. The Bertz CT molecular complexity index is 872. The van der Waals surface area contributed by atoms with Crippen LogP contribution in [0.2, 0.25) is 5.02 Å². The summed E-state index contributed by atoms with van der Waals surface area (Å²) in [6.45, 7) is 2.59. The monoisotopic (exact) mass is 405 g/mol. The summed E-state index contributed by atoms with van der Waals surface area (Å²) < 4.78 is 5.42. The number of nitro groups is 1. The number of halogens is 1. The number of carbonyl (C=O) groups excluding carboxylic acids is 2. The minimum Gasteiger partial charge on any atom is -0.493 e. The highest BCUT2D eigenvalue weighted by atomic mass is 35.5. The van der Waals surface area contributed by atoms with Gasteiger partial charge in [-0.1, -0.05) is 23.7 Å². The third-order valence-electron chi connectivity index (χ3n) is 3.72. The van der Waals surface area contributed by atoms with Gasteiger partial charge in [-0.2, -0.15) is 0 Å². The second-order valence-corrected chi connectivity index (χ2v) is 6.17. The maximum Gasteiger partial charge on any atom is 0.289 e. The number of nitrogens with zero attached hydrogens (tertiary/aromatic N) is 1. The van der Waals surface area contributed by atoms with Crippen molar-refractivity contribution in [3.05, 3.63) is 63.2 Å². The van der Waals surface area contributed by atoms with Crippen LogP contribution < -0.4 is 15.4 Å². The fraction of sp³-hybridized carbons (Fsp3) is 0.263. The molecule has 2 aromatic carbocycles. The van der Waals surface area contributed by atoms with Crippen molar-refractivity contribution in [1.29, 1.82) is 0 Å². The number of nitro benzene ring substituents is 1. The number of para-hydroxylation sites is 1. The van der Waals surface area contributed by atoms with Crippen LogP contribution >= 0.6 is 11.6 Å². The van der Waals surface area contributed by atoms with Crippen LogP contribution in [0, 0.1) is 10.1 Å². The highest BCUT2D eigenvalue weighted by molar-refractivity contribution is 6.32. The quantitative estimate of drug-likeness (QED) is 0.374. The highest BCUT2D eigenvalue weighted by Gasteiger charge is 2.14. The summed E-state index contributed by atoms with van der Waals surface area (Å²) in [5, 5.41) is 16.2. The van der Waals surface area contributed by atoms with E-state index in [1.165, 1.54) is 18.2 Å². The molecule has 0 aromatic heterocycles. The lowest BCUT2D eigenvalue weighted by molar-refractivity contribution is -0.384. The first-order chi connectivity index (χ1) is 13.4. The van der Waals surface area contributed by atoms with E-state index in [9.17, 15) is 19.7 Å². The molecule has 0 heterocycles. The molecule has 28 heavy (non-hydrogen) atoms. The molecule has 0 saturated carbocycles. The molecule has 8 nitrogen and oxygen atoms in total. The summed E-state index contributed by atoms with van der Waals surface area (Å²) in [5.74, 6) is -0.0945. The largest absolute Gasteiger partial charge is 0.493 e. The Kier molecular flexibility index (Phi) is 7.76. The average molecular weight is 406 g/mol. The molecule has 0 aliphatic rings. The summed E-state index contributed by atoms with van der Waals surface area (Å²) in [5.41, 5.74) is 0.442. The van der Waals surface area contributed by atoms with Gasteiger partial charge in [0.2, 0.25) is 5.91 Å². The van der Waals surface area contributed by atoms with Crippen molar-refractivity contribution in [2.24, 2.45) is 0 Å². The lowest BCUT2D eigenvalue weighted by atomic mass is 10.2. The van der Waals surface area contributed by atoms with Gasteiger partial charge in [0.25, 0.3) is 11.6 Å². The fourth-order valence-corrected chi connectivity index (χ4v) is 2.62. The maximum atomic E-state index is 12.2. The number of nitrogens with one attached hydrogen (secondary N) is 2. The summed E-state index contributed by atoms with van der Waals surface area (Å²) >= 11 is 5.74. The van der Waals surface area contributed by atoms with Gasteiger partial charge in [-0.05, 0) is 37.6 Å². The van der Waals surface area contributed by atoms with E-state index < -0.39 is 4.92 Å². The summed E-state index contributed by atoms with van der Waals surface area (Å²) in [7, 11) is 0. The normalized spacial score (nSPS) is 10.2. The minimum absolute atomic E-state index is 0.00181. The molecule has 2 N–H and O–H groups in total. The second-order valence-electron chi connectivity index (χ2n) is 5.76. The lowest BCUT2D eigenvalue weighted by Crippen LogP contribution is -2.26. The van der Waals surface area contributed by atoms with Crippen LogP contribution in [0.3, 0.4) is 0 Å². The topological polar surface area (TPSA) is 111 Å². The number of amides is 2. The first kappa shape index (κ1) is 21.2. The molecule has 0 aliphatic heterocycles. The number of anilines is 1. The first-order valence-corrected chi connectivity index (χ1v) is 9.04. The summed E-state index contributed by atoms with van der Waals surface area (Å²) in [6, 6.07) is 11.0. The van der Waals surface area contributed by atoms with Gasteiger partial charge in [0.05, 0.1) is 17.1 Å². The van der Waals surface area contributed by atoms with E-state index in [4.69, 9.17) is 16.3 Å². The van der Waals surface area contributed by atoms with Gasteiger partial charge in [0.15, 0.2) is 0 Å². The van der Waals surface area contributed by atoms with Crippen LogP contribution in [0.1, 0.15) is 30.1 Å². The van der Waals surface area contributed by atoms with Gasteiger partial charge >= 0.3 is 0 Å². The van der Waals surface area contributed by atoms with Crippen LogP contribution in [0.25, 0.3) is 0 Å². The zero-order valence-electron chi connectivity index (χ0n) is 15.2. The zero-order valence-corrected chi connectivity index (χ0v) is 16.0. The van der Waals surface area contributed by atoms with Crippen molar-refractivity contribution >= 4 is 34.8 Å². The molecule has 0 bridgehead atoms. The van der Waals surface area contributed by atoms with Crippen molar-refractivity contribution in [3.8, 4) is 5.75 Å². The molecule has 2 amide bonds. The molecule has 0 fully saturated rings. The molecule has 0 unspecified atom stereocenters. The van der Waals surface area contributed by atoms with Gasteiger partial charge in [0, 0.05) is 24.7 Å². The van der Waals surface area contributed by atoms with Gasteiger partial charge in [-0.15, -0.1) is 0 Å². The highest BCUT2D eigenvalue weighted by Crippen LogP contribution is 2.27. The Balaban J connectivity index is 1.81. The average Bonchev–Trinajstić information content (AvgIpc) is 2.67. The Morgan fingerprint density at radius 3 is 2.68 bits per heavy atom. The number of carbonyl (C=O) groups is 2. The van der Waals surface area contributed by atoms with E-state index in [2.05, 4.69) is 10.6 Å². The van der Waals surface area contributed by atoms with Crippen molar-refractivity contribution in [1.82, 2.24) is 5.32 Å². The smallest absolute Gasteiger partial charge is 0.289 e. The molecule has 0 atom stereocenters. The van der Waals surface area contributed by atoms with Crippen LogP contribution in [0.15, 0.2) is 42.5 Å². The van der Waals surface area contributed by atoms with Gasteiger partial charge in [-0.3, -0.25) is 19.7 Å². The van der Waals surface area contributed by atoms with Crippen LogP contribution in [0.5, 0.6) is 5.75 Å². The van der Waals surface area contributed by atoms with Crippen molar-refractivity contribution in [2.75, 3.05) is 18.5 Å². The van der Waals surface area contributed by atoms with Gasteiger partial charge in [-0.25, -0.2) is 0 Å². The molecule has 9 heteroatoms. The molecular weight excluding hydrogens is 386 g/mol. The number of ether oxygens (including phenoxy) is 1. The predicted molar refractivity (Wildman–Crippen MR) is 106 cm³/mol. The predicted octanol–water partition coefficient (Wildman–Crippen LogP) is 3.80. The van der Waals surface area contributed by atoms with Crippen LogP contribution in [-0.2, 0) is 4.79 Å². The van der Waals surface area contributed by atoms with Gasteiger partial charge < -0.3 is 15.4 Å². The molecule has 0 spiro atoms. The summed E-state index contributed by atoms with van der Waals surface area (Å²) in [4.78, 5) is 34.5. The van der Waals surface area contributed by atoms with E-state index >= 15 is 0 Å². The number of rotatable bonds is 9. The van der Waals surface area contributed by atoms with E-state index in [0.29, 0.717) is 30.9 Å². The van der Waals surface area contributed by atoms with Crippen LogP contribution in [0.4, 0.5) is 11.4 Å². The molecule has 2 aromatic rings. The minimum atomic E-state index is -0.617. The SMILES string of the molecule is CCOc1ccccc1C(=O)NCCCC(=O)Nc1ccc(Cl)c([N+](=O)[O-])c1. The molecule has 148 valence electrons. The molecule has 0 saturated heterocycles. The number of hydrogen-bond acceptors (Lipinski definition) is 5. The third-order valence-corrected chi connectivity index (χ3v) is 4.04. The van der Waals surface area contributed by atoms with Gasteiger partial charge in [0.1, 0.15) is 10.8 Å². The Labute approximate surface area is 167 Å². The summed E-state index contributed by atoms with van der Waals surface area (Å²) in [6.07, 6.45) is 0.549. The van der Waals surface area contributed by atoms with E-state index in [0.717, 1.165) is 0 Å². The van der Waals surface area contributed by atoms with Crippen LogP contribution in [-0.4, -0.2) is 29.9 Å². The second kappa shape index (κ2) is 10.3. The molecule has 0 radical (unpaired) electrons. The van der Waals surface area contributed by atoms with Crippen molar-refractivity contribution < 1.29 is 19.2 Å². The fourth-order valence-electron chi connectivity index (χ4n) is 2.44. The number of benzene rings is 2. The Morgan fingerprint density at radius 1 is 1.21 bits per heavy atom. The first-order valence-electron chi connectivity index (χ1n) is 8.66. The molecule has 2 rings (SSSR count). The van der Waals surface area contributed by atoms with E-state index in [-0.39, 0.29) is 34.6 Å². The zero-order chi connectivity index (χ0) is 20.5. The number of hydrogen-bond donors (Lipinski definition) is 2. The van der Waals surface area contributed by atoms with E-state index in [1.807, 2.05) is 6.92 Å². The van der Waals surface area contributed by atoms with Crippen molar-refractivity contribution in [2.45, 2.75) is 19.8 Å². The molecular formula is C19H20ClN3O5. The van der Waals surface area contributed by atoms with E-state index in [1.54, 1.807) is 24.3 Å². The Hall–Kier alpha value is -3.13.